The Morgan fingerprint density at radius 3 is 2.63 bits per heavy atom. The van der Waals surface area contributed by atoms with E-state index in [1.54, 1.807) is 10.4 Å². The first-order valence-corrected chi connectivity index (χ1v) is 10.0. The molecule has 4 heteroatoms. The second-order valence-corrected chi connectivity index (χ2v) is 9.32. The molecule has 0 fully saturated rings. The average molecular weight is 420 g/mol. The van der Waals surface area contributed by atoms with Crippen LogP contribution in [-0.4, -0.2) is 0 Å². The number of hydrogen-bond acceptors (Lipinski definition) is 2. The van der Waals surface area contributed by atoms with Gasteiger partial charge in [0.05, 0.1) is 4.83 Å². The molecule has 2 aromatic rings. The van der Waals surface area contributed by atoms with E-state index in [9.17, 15) is 0 Å². The zero-order valence-electron chi connectivity index (χ0n) is 10.8. The van der Waals surface area contributed by atoms with Gasteiger partial charge >= 0.3 is 0 Å². The predicted molar refractivity (Wildman–Crippen MR) is 93.1 cm³/mol. The van der Waals surface area contributed by atoms with Gasteiger partial charge in [-0.3, -0.25) is 0 Å². The van der Waals surface area contributed by atoms with Crippen LogP contribution in [0, 0.1) is 6.92 Å². The van der Waals surface area contributed by atoms with E-state index in [1.165, 1.54) is 51.2 Å². The van der Waals surface area contributed by atoms with Crippen molar-refractivity contribution in [1.82, 2.24) is 0 Å². The molecule has 1 atom stereocenters. The summed E-state index contributed by atoms with van der Waals surface area (Å²) in [5.74, 6) is 0. The van der Waals surface area contributed by atoms with Crippen molar-refractivity contribution in [2.45, 2.75) is 43.9 Å². The zero-order valence-corrected chi connectivity index (χ0v) is 15.6. The maximum atomic E-state index is 3.89. The standard InChI is InChI=1S/C15H16Br2S2/c1-9-7-11(16)15(18-9)14(17)13-8-10-5-3-2-4-6-12(10)19-13/h7-8,14H,2-6H2,1H3. The van der Waals surface area contributed by atoms with Crippen LogP contribution < -0.4 is 0 Å². The molecule has 1 aliphatic carbocycles. The Balaban J connectivity index is 1.92. The zero-order chi connectivity index (χ0) is 13.4. The fourth-order valence-corrected chi connectivity index (χ4v) is 7.06. The molecule has 0 N–H and O–H groups in total. The molecule has 0 aromatic carbocycles. The van der Waals surface area contributed by atoms with Crippen LogP contribution in [0.1, 0.15) is 49.2 Å². The lowest BCUT2D eigenvalue weighted by atomic mass is 10.1. The molecule has 0 nitrogen and oxygen atoms in total. The molecule has 2 aromatic heterocycles. The third-order valence-corrected chi connectivity index (χ3v) is 8.48. The summed E-state index contributed by atoms with van der Waals surface area (Å²) < 4.78 is 1.24. The minimum absolute atomic E-state index is 0.345. The van der Waals surface area contributed by atoms with Crippen molar-refractivity contribution in [2.24, 2.45) is 0 Å². The van der Waals surface area contributed by atoms with E-state index in [0.717, 1.165) is 0 Å². The van der Waals surface area contributed by atoms with Crippen molar-refractivity contribution in [3.63, 3.8) is 0 Å². The monoisotopic (exact) mass is 418 g/mol. The summed E-state index contributed by atoms with van der Waals surface area (Å²) in [6.07, 6.45) is 6.67. The summed E-state index contributed by atoms with van der Waals surface area (Å²) in [6, 6.07) is 4.65. The number of alkyl halides is 1. The van der Waals surface area contributed by atoms with Crippen LogP contribution in [0.3, 0.4) is 0 Å². The van der Waals surface area contributed by atoms with Crippen LogP contribution in [0.25, 0.3) is 0 Å². The first-order chi connectivity index (χ1) is 9.15. The fraction of sp³-hybridized carbons (Fsp3) is 0.467. The average Bonchev–Trinajstić information content (AvgIpc) is 2.85. The maximum Gasteiger partial charge on any atom is 0.0842 e. The normalized spacial score (nSPS) is 17.0. The summed E-state index contributed by atoms with van der Waals surface area (Å²) >= 11 is 11.5. The van der Waals surface area contributed by atoms with Crippen molar-refractivity contribution >= 4 is 54.5 Å². The molecular weight excluding hydrogens is 404 g/mol. The molecule has 0 saturated heterocycles. The van der Waals surface area contributed by atoms with E-state index in [4.69, 9.17) is 0 Å². The Labute approximate surface area is 139 Å². The summed E-state index contributed by atoms with van der Waals surface area (Å²) in [7, 11) is 0. The van der Waals surface area contributed by atoms with Gasteiger partial charge in [-0.1, -0.05) is 22.4 Å². The van der Waals surface area contributed by atoms with Gasteiger partial charge in [0.25, 0.3) is 0 Å². The minimum atomic E-state index is 0.345. The van der Waals surface area contributed by atoms with Gasteiger partial charge in [0.2, 0.25) is 0 Å². The minimum Gasteiger partial charge on any atom is -0.144 e. The van der Waals surface area contributed by atoms with Gasteiger partial charge in [0, 0.05) is 24.0 Å². The SMILES string of the molecule is Cc1cc(Br)c(C(Br)c2cc3c(s2)CCCCC3)s1. The van der Waals surface area contributed by atoms with Crippen LogP contribution in [0.2, 0.25) is 0 Å². The molecule has 0 radical (unpaired) electrons. The van der Waals surface area contributed by atoms with Gasteiger partial charge < -0.3 is 0 Å². The third-order valence-electron chi connectivity index (χ3n) is 3.58. The van der Waals surface area contributed by atoms with E-state index >= 15 is 0 Å². The molecule has 1 unspecified atom stereocenters. The molecular formula is C15H16Br2S2. The number of thiophene rings is 2. The summed E-state index contributed by atoms with van der Waals surface area (Å²) in [5.41, 5.74) is 1.60. The van der Waals surface area contributed by atoms with Gasteiger partial charge in [-0.15, -0.1) is 22.7 Å². The molecule has 0 amide bonds. The summed E-state index contributed by atoms with van der Waals surface area (Å²) in [4.78, 5) is 6.20. The Bertz CT molecular complexity index is 559. The molecule has 0 saturated carbocycles. The number of halogens is 2. The molecule has 1 aliphatic rings. The smallest absolute Gasteiger partial charge is 0.0842 e. The van der Waals surface area contributed by atoms with E-state index < -0.39 is 0 Å². The Kier molecular flexibility index (Phi) is 4.52. The van der Waals surface area contributed by atoms with Gasteiger partial charge in [-0.05, 0) is 66.2 Å². The molecule has 0 aliphatic heterocycles. The van der Waals surface area contributed by atoms with E-state index in [-0.39, 0.29) is 0 Å². The van der Waals surface area contributed by atoms with Gasteiger partial charge in [-0.25, -0.2) is 0 Å². The summed E-state index contributed by atoms with van der Waals surface area (Å²) in [6.45, 7) is 2.17. The van der Waals surface area contributed by atoms with Gasteiger partial charge in [-0.2, -0.15) is 0 Å². The molecule has 0 bridgehead atoms. The summed E-state index contributed by atoms with van der Waals surface area (Å²) in [5, 5.41) is 0. The second kappa shape index (κ2) is 6.00. The molecule has 2 heterocycles. The molecule has 102 valence electrons. The third kappa shape index (κ3) is 3.02. The van der Waals surface area contributed by atoms with Crippen LogP contribution in [-0.2, 0) is 12.8 Å². The Hall–Kier alpha value is 0.360. The first kappa shape index (κ1) is 14.3. The highest BCUT2D eigenvalue weighted by Crippen LogP contribution is 2.44. The van der Waals surface area contributed by atoms with Crippen LogP contribution in [0.15, 0.2) is 16.6 Å². The second-order valence-electron chi connectivity index (χ2n) is 5.09. The maximum absolute atomic E-state index is 3.89. The Morgan fingerprint density at radius 1 is 1.11 bits per heavy atom. The number of rotatable bonds is 2. The first-order valence-electron chi connectivity index (χ1n) is 6.66. The van der Waals surface area contributed by atoms with Crippen LogP contribution in [0.4, 0.5) is 0 Å². The van der Waals surface area contributed by atoms with E-state index in [2.05, 4.69) is 50.9 Å². The number of hydrogen-bond donors (Lipinski definition) is 0. The predicted octanol–water partition coefficient (Wildman–Crippen LogP) is 6.63. The van der Waals surface area contributed by atoms with E-state index in [0.29, 0.717) is 4.83 Å². The number of fused-ring (bicyclic) bond motifs is 1. The van der Waals surface area contributed by atoms with Crippen molar-refractivity contribution in [3.05, 3.63) is 41.7 Å². The lowest BCUT2D eigenvalue weighted by molar-refractivity contribution is 0.712. The highest BCUT2D eigenvalue weighted by Gasteiger charge is 2.21. The van der Waals surface area contributed by atoms with Crippen molar-refractivity contribution in [3.8, 4) is 0 Å². The largest absolute Gasteiger partial charge is 0.144 e. The molecule has 19 heavy (non-hydrogen) atoms. The lowest BCUT2D eigenvalue weighted by Crippen LogP contribution is -1.86. The van der Waals surface area contributed by atoms with E-state index in [1.807, 2.05) is 22.7 Å². The highest BCUT2D eigenvalue weighted by molar-refractivity contribution is 9.11. The quantitative estimate of drug-likeness (QED) is 0.378. The fourth-order valence-electron chi connectivity index (χ4n) is 2.62. The van der Waals surface area contributed by atoms with Gasteiger partial charge in [0.15, 0.2) is 0 Å². The topological polar surface area (TPSA) is 0 Å². The van der Waals surface area contributed by atoms with Crippen LogP contribution >= 0.6 is 54.5 Å². The molecule has 3 rings (SSSR count). The number of aryl methyl sites for hydroxylation is 3. The van der Waals surface area contributed by atoms with Crippen LogP contribution in [0.5, 0.6) is 0 Å². The van der Waals surface area contributed by atoms with Gasteiger partial charge in [0.1, 0.15) is 0 Å². The molecule has 0 spiro atoms. The van der Waals surface area contributed by atoms with Crippen molar-refractivity contribution in [2.75, 3.05) is 0 Å². The lowest BCUT2D eigenvalue weighted by Gasteiger charge is -2.06. The van der Waals surface area contributed by atoms with Crippen molar-refractivity contribution < 1.29 is 0 Å². The highest BCUT2D eigenvalue weighted by atomic mass is 79.9. The Morgan fingerprint density at radius 2 is 1.89 bits per heavy atom. The van der Waals surface area contributed by atoms with Crippen molar-refractivity contribution in [1.29, 1.82) is 0 Å².